The first-order valence-electron chi connectivity index (χ1n) is 8.52. The van der Waals surface area contributed by atoms with Gasteiger partial charge in [-0.2, -0.15) is 8.42 Å². The van der Waals surface area contributed by atoms with Crippen molar-refractivity contribution < 1.29 is 32.2 Å². The summed E-state index contributed by atoms with van der Waals surface area (Å²) in [5, 5.41) is 13.8. The van der Waals surface area contributed by atoms with Gasteiger partial charge in [-0.15, -0.1) is 0 Å². The molecule has 1 aromatic rings. The van der Waals surface area contributed by atoms with Crippen molar-refractivity contribution in [3.63, 3.8) is 0 Å². The highest BCUT2D eigenvalue weighted by molar-refractivity contribution is 9.10. The van der Waals surface area contributed by atoms with Crippen LogP contribution in [-0.4, -0.2) is 49.0 Å². The van der Waals surface area contributed by atoms with E-state index in [1.165, 1.54) is 19.2 Å². The maximum atomic E-state index is 12.1. The molecule has 1 unspecified atom stereocenters. The third-order valence-corrected chi connectivity index (χ3v) is 5.40. The Kier molecular flexibility index (Phi) is 8.02. The van der Waals surface area contributed by atoms with Crippen LogP contribution in [0.25, 0.3) is 0 Å². The Balaban J connectivity index is 3.35. The van der Waals surface area contributed by atoms with Gasteiger partial charge in [0.1, 0.15) is 11.4 Å². The van der Waals surface area contributed by atoms with Gasteiger partial charge in [-0.25, -0.2) is 4.79 Å². The van der Waals surface area contributed by atoms with Gasteiger partial charge in [0.2, 0.25) is 0 Å². The van der Waals surface area contributed by atoms with Crippen LogP contribution in [0.3, 0.4) is 0 Å². The minimum atomic E-state index is -4.29. The van der Waals surface area contributed by atoms with Crippen LogP contribution in [0.15, 0.2) is 16.6 Å². The van der Waals surface area contributed by atoms with Gasteiger partial charge in [-0.05, 0) is 49.2 Å². The first-order chi connectivity index (χ1) is 13.1. The summed E-state index contributed by atoms with van der Waals surface area (Å²) in [6.45, 7) is 6.66. The average Bonchev–Trinajstić information content (AvgIpc) is 2.55. The van der Waals surface area contributed by atoms with Crippen molar-refractivity contribution in [3.8, 4) is 5.75 Å². The van der Waals surface area contributed by atoms with Gasteiger partial charge in [0.15, 0.2) is 0 Å². The number of ether oxygens (including phenoxy) is 2. The van der Waals surface area contributed by atoms with E-state index in [2.05, 4.69) is 21.2 Å². The van der Waals surface area contributed by atoms with Crippen molar-refractivity contribution in [2.45, 2.75) is 45.1 Å². The molecule has 0 heterocycles. The summed E-state index contributed by atoms with van der Waals surface area (Å²) in [6.07, 6.45) is -0.807. The van der Waals surface area contributed by atoms with E-state index in [1.807, 2.05) is 0 Å². The lowest BCUT2D eigenvalue weighted by molar-refractivity contribution is -0.385. The number of nitrogens with zero attached hydrogens (tertiary/aromatic N) is 1. The van der Waals surface area contributed by atoms with Crippen molar-refractivity contribution in [1.82, 2.24) is 5.32 Å². The van der Waals surface area contributed by atoms with E-state index in [0.717, 1.165) is 0 Å². The summed E-state index contributed by atoms with van der Waals surface area (Å²) in [7, 11) is -2.97. The van der Waals surface area contributed by atoms with Crippen LogP contribution in [0, 0.1) is 10.1 Å². The first kappa shape index (κ1) is 25.1. The minimum Gasteiger partial charge on any atom is -0.496 e. The van der Waals surface area contributed by atoms with E-state index in [9.17, 15) is 27.9 Å². The number of methoxy groups -OCH3 is 1. The molecule has 10 nitrogen and oxygen atoms in total. The van der Waals surface area contributed by atoms with E-state index in [0.29, 0.717) is 5.56 Å². The molecule has 0 bridgehead atoms. The Hall–Kier alpha value is -1.92. The Bertz CT molecular complexity index is 882. The van der Waals surface area contributed by atoms with Gasteiger partial charge in [0.05, 0.1) is 28.3 Å². The summed E-state index contributed by atoms with van der Waals surface area (Å²) >= 11 is 3.14. The van der Waals surface area contributed by atoms with E-state index in [1.54, 1.807) is 27.7 Å². The van der Waals surface area contributed by atoms with Gasteiger partial charge in [0.25, 0.3) is 15.8 Å². The molecule has 0 saturated heterocycles. The quantitative estimate of drug-likeness (QED) is 0.316. The van der Waals surface area contributed by atoms with Crippen LogP contribution < -0.4 is 10.1 Å². The molecule has 0 saturated carbocycles. The number of nitro benzene ring substituents is 1. The number of rotatable bonds is 8. The molecule has 2 N–H and O–H groups in total. The number of nitrogens with one attached hydrogen (secondary N) is 1. The molecule has 164 valence electrons. The molecule has 29 heavy (non-hydrogen) atoms. The van der Waals surface area contributed by atoms with Crippen molar-refractivity contribution in [1.29, 1.82) is 0 Å². The maximum Gasteiger partial charge on any atom is 0.407 e. The Morgan fingerprint density at radius 2 is 1.90 bits per heavy atom. The molecule has 0 radical (unpaired) electrons. The summed E-state index contributed by atoms with van der Waals surface area (Å²) in [6, 6.07) is 2.65. The Morgan fingerprint density at radius 1 is 1.31 bits per heavy atom. The molecule has 1 aromatic carbocycles. The zero-order valence-electron chi connectivity index (χ0n) is 16.8. The monoisotopic (exact) mass is 496 g/mol. The second-order valence-electron chi connectivity index (χ2n) is 7.71. The fourth-order valence-corrected chi connectivity index (χ4v) is 3.77. The van der Waals surface area contributed by atoms with Crippen LogP contribution in [0.5, 0.6) is 5.75 Å². The Morgan fingerprint density at radius 3 is 2.34 bits per heavy atom. The number of amides is 1. The number of carbonyl (C=O) groups is 1. The number of halogens is 1. The van der Waals surface area contributed by atoms with Crippen LogP contribution in [0.2, 0.25) is 0 Å². The highest BCUT2D eigenvalue weighted by atomic mass is 79.9. The lowest BCUT2D eigenvalue weighted by Crippen LogP contribution is -2.42. The van der Waals surface area contributed by atoms with E-state index in [-0.39, 0.29) is 28.9 Å². The van der Waals surface area contributed by atoms with Crippen molar-refractivity contribution in [2.24, 2.45) is 0 Å². The van der Waals surface area contributed by atoms with Crippen LogP contribution in [0.4, 0.5) is 10.5 Å². The Labute approximate surface area is 178 Å². The largest absolute Gasteiger partial charge is 0.496 e. The summed E-state index contributed by atoms with van der Waals surface area (Å²) in [5.41, 5.74) is -1.61. The predicted octanol–water partition coefficient (Wildman–Crippen LogP) is 3.43. The first-order valence-corrected chi connectivity index (χ1v) is 10.9. The smallest absolute Gasteiger partial charge is 0.407 e. The number of hydrogen-bond acceptors (Lipinski definition) is 7. The summed E-state index contributed by atoms with van der Waals surface area (Å²) in [5.74, 6) is -0.444. The molecule has 0 aliphatic rings. The fraction of sp³-hybridized carbons (Fsp3) is 0.588. The minimum absolute atomic E-state index is 0.0714. The lowest BCUT2D eigenvalue weighted by Gasteiger charge is -2.32. The summed E-state index contributed by atoms with van der Waals surface area (Å²) in [4.78, 5) is 22.7. The summed E-state index contributed by atoms with van der Waals surface area (Å²) < 4.78 is 42.4. The van der Waals surface area contributed by atoms with E-state index >= 15 is 0 Å². The normalized spacial score (nSPS) is 14.0. The third-order valence-electron chi connectivity index (χ3n) is 4.05. The molecular formula is C17H25BrN2O8S. The highest BCUT2D eigenvalue weighted by Crippen LogP contribution is 2.40. The lowest BCUT2D eigenvalue weighted by atomic mass is 9.79. The molecular weight excluding hydrogens is 472 g/mol. The van der Waals surface area contributed by atoms with E-state index in [4.69, 9.17) is 9.47 Å². The molecule has 1 atom stereocenters. The number of alkyl carbamates (subject to hydrolysis) is 1. The SMILES string of the molecule is COc1cc([N+](=O)[O-])c(Br)cc1C(C)(CCS(=O)(=O)O)CNC(=O)OC(C)(C)C. The van der Waals surface area contributed by atoms with Gasteiger partial charge in [0, 0.05) is 17.5 Å². The van der Waals surface area contributed by atoms with Gasteiger partial charge in [-0.1, -0.05) is 6.92 Å². The molecule has 0 aliphatic carbocycles. The molecule has 0 spiro atoms. The number of hydrogen-bond donors (Lipinski definition) is 2. The molecule has 0 aliphatic heterocycles. The van der Waals surface area contributed by atoms with Crippen LogP contribution in [0.1, 0.15) is 39.7 Å². The second kappa shape index (κ2) is 9.26. The topological polar surface area (TPSA) is 145 Å². The number of nitro groups is 1. The maximum absolute atomic E-state index is 12.1. The second-order valence-corrected chi connectivity index (χ2v) is 10.1. The fourth-order valence-electron chi connectivity index (χ4n) is 2.58. The van der Waals surface area contributed by atoms with Crippen molar-refractivity contribution >= 4 is 37.8 Å². The zero-order valence-corrected chi connectivity index (χ0v) is 19.2. The standard InChI is InChI=1S/C17H25BrN2O8S/c1-16(2,3)28-15(21)19-10-17(4,6-7-29(24,25)26)11-8-12(18)13(20(22)23)9-14(11)27-5/h8-9H,6-7,10H2,1-5H3,(H,19,21)(H,24,25,26). The predicted molar refractivity (Wildman–Crippen MR) is 110 cm³/mol. The van der Waals surface area contributed by atoms with Crippen molar-refractivity contribution in [2.75, 3.05) is 19.4 Å². The van der Waals surface area contributed by atoms with E-state index < -0.39 is 37.9 Å². The molecule has 0 aromatic heterocycles. The zero-order chi connectivity index (χ0) is 22.6. The number of benzene rings is 1. The highest BCUT2D eigenvalue weighted by Gasteiger charge is 2.34. The molecule has 1 rings (SSSR count). The van der Waals surface area contributed by atoms with Gasteiger partial charge < -0.3 is 14.8 Å². The molecule has 0 fully saturated rings. The van der Waals surface area contributed by atoms with Gasteiger partial charge in [-0.3, -0.25) is 14.7 Å². The van der Waals surface area contributed by atoms with Gasteiger partial charge >= 0.3 is 6.09 Å². The van der Waals surface area contributed by atoms with Crippen LogP contribution >= 0.6 is 15.9 Å². The molecule has 12 heteroatoms. The number of carbonyl (C=O) groups excluding carboxylic acids is 1. The average molecular weight is 497 g/mol. The molecule has 1 amide bonds. The van der Waals surface area contributed by atoms with Crippen LogP contribution in [-0.2, 0) is 20.3 Å². The third kappa shape index (κ3) is 7.78. The van der Waals surface area contributed by atoms with Crippen molar-refractivity contribution in [3.05, 3.63) is 32.3 Å².